The number of hydrogen-bond acceptors (Lipinski definition) is 5. The van der Waals surface area contributed by atoms with Crippen molar-refractivity contribution in [2.24, 2.45) is 7.05 Å². The van der Waals surface area contributed by atoms with Crippen LogP contribution in [0.1, 0.15) is 41.5 Å². The molecule has 3 aromatic heterocycles. The molecule has 0 aliphatic carbocycles. The van der Waals surface area contributed by atoms with Crippen molar-refractivity contribution < 1.29 is 4.79 Å². The minimum absolute atomic E-state index is 0.245. The maximum atomic E-state index is 12.3. The molecule has 8 heteroatoms. The van der Waals surface area contributed by atoms with Crippen molar-refractivity contribution in [2.75, 3.05) is 5.32 Å². The Kier molecular flexibility index (Phi) is 3.99. The highest BCUT2D eigenvalue weighted by molar-refractivity contribution is 7.13. The van der Waals surface area contributed by atoms with E-state index in [0.717, 1.165) is 16.1 Å². The third-order valence-corrected chi connectivity index (χ3v) is 4.55. The summed E-state index contributed by atoms with van der Waals surface area (Å²) in [6, 6.07) is 3.80. The zero-order valence-electron chi connectivity index (χ0n) is 13.4. The van der Waals surface area contributed by atoms with Crippen LogP contribution in [0.2, 0.25) is 0 Å². The van der Waals surface area contributed by atoms with E-state index in [9.17, 15) is 4.79 Å². The lowest BCUT2D eigenvalue weighted by Crippen LogP contribution is -2.14. The van der Waals surface area contributed by atoms with Gasteiger partial charge >= 0.3 is 0 Å². The largest absolute Gasteiger partial charge is 0.288 e. The second-order valence-corrected chi connectivity index (χ2v) is 6.54. The van der Waals surface area contributed by atoms with Gasteiger partial charge in [-0.25, -0.2) is 0 Å². The molecule has 1 amide bonds. The van der Waals surface area contributed by atoms with Crippen LogP contribution in [0.15, 0.2) is 17.5 Å². The summed E-state index contributed by atoms with van der Waals surface area (Å²) in [4.78, 5) is 17.6. The van der Waals surface area contributed by atoms with Gasteiger partial charge in [0.15, 0.2) is 11.5 Å². The molecule has 0 saturated heterocycles. The van der Waals surface area contributed by atoms with Crippen LogP contribution in [-0.2, 0) is 7.05 Å². The first-order valence-corrected chi connectivity index (χ1v) is 8.16. The second-order valence-electron chi connectivity index (χ2n) is 5.63. The molecule has 23 heavy (non-hydrogen) atoms. The molecular weight excluding hydrogens is 312 g/mol. The maximum Gasteiger partial charge on any atom is 0.278 e. The molecule has 0 fully saturated rings. The zero-order chi connectivity index (χ0) is 16.6. The Hall–Kier alpha value is -2.48. The Balaban J connectivity index is 1.77. The van der Waals surface area contributed by atoms with Gasteiger partial charge in [-0.2, -0.15) is 10.1 Å². The number of amides is 1. The zero-order valence-corrected chi connectivity index (χ0v) is 14.2. The van der Waals surface area contributed by atoms with Gasteiger partial charge in [-0.3, -0.25) is 19.9 Å². The fourth-order valence-corrected chi connectivity index (χ4v) is 3.20. The molecule has 7 nitrogen and oxygen atoms in total. The highest BCUT2D eigenvalue weighted by atomic mass is 32.1. The van der Waals surface area contributed by atoms with Crippen LogP contribution >= 0.6 is 11.3 Å². The van der Waals surface area contributed by atoms with Gasteiger partial charge < -0.3 is 0 Å². The first-order chi connectivity index (χ1) is 11.0. The molecule has 0 atom stereocenters. The van der Waals surface area contributed by atoms with Crippen molar-refractivity contribution in [3.8, 4) is 10.7 Å². The quantitative estimate of drug-likeness (QED) is 0.770. The smallest absolute Gasteiger partial charge is 0.278 e. The number of hydrogen-bond donors (Lipinski definition) is 2. The molecule has 0 unspecified atom stereocenters. The Morgan fingerprint density at radius 2 is 2.22 bits per heavy atom. The number of nitrogens with one attached hydrogen (secondary N) is 2. The third kappa shape index (κ3) is 3.02. The van der Waals surface area contributed by atoms with Gasteiger partial charge in [-0.15, -0.1) is 16.4 Å². The molecule has 0 spiro atoms. The molecule has 3 rings (SSSR count). The first-order valence-electron chi connectivity index (χ1n) is 7.28. The van der Waals surface area contributed by atoms with Crippen LogP contribution in [-0.4, -0.2) is 30.9 Å². The maximum absolute atomic E-state index is 12.3. The summed E-state index contributed by atoms with van der Waals surface area (Å²) in [5, 5.41) is 15.8. The van der Waals surface area contributed by atoms with Gasteiger partial charge in [0.2, 0.25) is 5.95 Å². The van der Waals surface area contributed by atoms with E-state index in [1.807, 2.05) is 25.4 Å². The number of anilines is 1. The monoisotopic (exact) mass is 330 g/mol. The average molecular weight is 330 g/mol. The number of thiophene rings is 1. The van der Waals surface area contributed by atoms with Crippen molar-refractivity contribution in [3.63, 3.8) is 0 Å². The van der Waals surface area contributed by atoms with E-state index in [1.54, 1.807) is 22.1 Å². The molecule has 0 aromatic carbocycles. The second kappa shape index (κ2) is 5.96. The van der Waals surface area contributed by atoms with Gasteiger partial charge in [0.25, 0.3) is 5.91 Å². The first kappa shape index (κ1) is 15.4. The van der Waals surface area contributed by atoms with Crippen molar-refractivity contribution in [3.05, 3.63) is 34.5 Å². The number of nitrogens with zero attached hydrogens (tertiary/aromatic N) is 4. The molecule has 0 aliphatic rings. The van der Waals surface area contributed by atoms with Crippen molar-refractivity contribution in [2.45, 2.75) is 26.7 Å². The highest BCUT2D eigenvalue weighted by Crippen LogP contribution is 2.26. The van der Waals surface area contributed by atoms with Crippen LogP contribution < -0.4 is 5.32 Å². The number of aromatic amines is 1. The molecule has 2 N–H and O–H groups in total. The number of carbonyl (C=O) groups excluding carboxylic acids is 1. The number of H-pyrrole nitrogens is 1. The van der Waals surface area contributed by atoms with E-state index in [0.29, 0.717) is 17.4 Å². The molecule has 120 valence electrons. The summed E-state index contributed by atoms with van der Waals surface area (Å²) >= 11 is 1.58. The summed E-state index contributed by atoms with van der Waals surface area (Å²) in [5.41, 5.74) is 2.48. The number of aryl methyl sites for hydroxylation is 2. The summed E-state index contributed by atoms with van der Waals surface area (Å²) in [6.07, 6.45) is 0. The van der Waals surface area contributed by atoms with E-state index in [-0.39, 0.29) is 11.9 Å². The molecule has 0 aliphatic heterocycles. The number of aromatic nitrogens is 5. The lowest BCUT2D eigenvalue weighted by Gasteiger charge is -2.02. The van der Waals surface area contributed by atoms with Crippen molar-refractivity contribution in [1.82, 2.24) is 25.0 Å². The van der Waals surface area contributed by atoms with E-state index in [1.165, 1.54) is 0 Å². The van der Waals surface area contributed by atoms with Crippen LogP contribution in [0.4, 0.5) is 5.95 Å². The van der Waals surface area contributed by atoms with Crippen LogP contribution in [0.25, 0.3) is 10.7 Å². The number of rotatable bonds is 4. The normalized spacial score (nSPS) is 11.2. The summed E-state index contributed by atoms with van der Waals surface area (Å²) < 4.78 is 1.72. The molecule has 0 radical (unpaired) electrons. The fourth-order valence-electron chi connectivity index (χ4n) is 2.33. The SMILES string of the molecule is Cc1ccsc1-c1nc(NC(=O)c2cc(C(C)C)n(C)n2)n[nH]1. The Labute approximate surface area is 137 Å². The lowest BCUT2D eigenvalue weighted by molar-refractivity contribution is 0.102. The fraction of sp³-hybridized carbons (Fsp3) is 0.333. The molecule has 0 saturated carbocycles. The van der Waals surface area contributed by atoms with Gasteiger partial charge in [0.1, 0.15) is 0 Å². The van der Waals surface area contributed by atoms with Crippen LogP contribution in [0.5, 0.6) is 0 Å². The highest BCUT2D eigenvalue weighted by Gasteiger charge is 2.17. The van der Waals surface area contributed by atoms with Crippen molar-refractivity contribution in [1.29, 1.82) is 0 Å². The predicted molar refractivity (Wildman–Crippen MR) is 89.7 cm³/mol. The summed E-state index contributed by atoms with van der Waals surface area (Å²) in [6.45, 7) is 6.13. The minimum atomic E-state index is -0.319. The van der Waals surface area contributed by atoms with E-state index < -0.39 is 0 Å². The minimum Gasteiger partial charge on any atom is -0.288 e. The third-order valence-electron chi connectivity index (χ3n) is 3.53. The molecule has 3 aromatic rings. The summed E-state index contributed by atoms with van der Waals surface area (Å²) in [7, 11) is 1.83. The van der Waals surface area contributed by atoms with E-state index in [2.05, 4.69) is 39.4 Å². The predicted octanol–water partition coefficient (Wildman–Crippen LogP) is 2.95. The Morgan fingerprint density at radius 1 is 1.43 bits per heavy atom. The van der Waals surface area contributed by atoms with Crippen LogP contribution in [0.3, 0.4) is 0 Å². The topological polar surface area (TPSA) is 88.5 Å². The molecule has 3 heterocycles. The van der Waals surface area contributed by atoms with Gasteiger partial charge in [-0.05, 0) is 35.9 Å². The standard InChI is InChI=1S/C15H18N6OS/c1-8(2)11-7-10(20-21(11)4)14(22)17-15-16-13(18-19-15)12-9(3)5-6-23-12/h5-8H,1-4H3,(H2,16,17,18,19,22). The van der Waals surface area contributed by atoms with Crippen molar-refractivity contribution >= 4 is 23.2 Å². The summed E-state index contributed by atoms with van der Waals surface area (Å²) in [5.74, 6) is 0.873. The average Bonchev–Trinajstić information content (AvgIpc) is 3.18. The van der Waals surface area contributed by atoms with E-state index in [4.69, 9.17) is 0 Å². The Bertz CT molecular complexity index is 844. The molecular formula is C15H18N6OS. The van der Waals surface area contributed by atoms with Gasteiger partial charge in [0.05, 0.1) is 4.88 Å². The van der Waals surface area contributed by atoms with Gasteiger partial charge in [0, 0.05) is 12.7 Å². The van der Waals surface area contributed by atoms with Crippen LogP contribution in [0, 0.1) is 6.92 Å². The number of carbonyl (C=O) groups is 1. The lowest BCUT2D eigenvalue weighted by atomic mass is 10.1. The van der Waals surface area contributed by atoms with E-state index >= 15 is 0 Å². The van der Waals surface area contributed by atoms with Gasteiger partial charge in [-0.1, -0.05) is 13.8 Å². The molecule has 0 bridgehead atoms. The Morgan fingerprint density at radius 3 is 2.83 bits per heavy atom.